The highest BCUT2D eigenvalue weighted by atomic mass is 35.5. The Morgan fingerprint density at radius 1 is 1.41 bits per heavy atom. The van der Waals surface area contributed by atoms with E-state index in [9.17, 15) is 9.59 Å². The Hall–Kier alpha value is -1.92. The molecule has 1 aliphatic heterocycles. The van der Waals surface area contributed by atoms with E-state index in [1.165, 1.54) is 0 Å². The molecule has 1 aromatic carbocycles. The molecule has 1 saturated heterocycles. The quantitative estimate of drug-likeness (QED) is 0.814. The van der Waals surface area contributed by atoms with Crippen LogP contribution in [0.2, 0.25) is 5.02 Å². The fraction of sp³-hybridized carbons (Fsp3) is 0.450. The zero-order chi connectivity index (χ0) is 19.4. The number of carbonyl (C=O) groups excluding carboxylic acids is 2. The number of nitrogens with one attached hydrogen (secondary N) is 1. The summed E-state index contributed by atoms with van der Waals surface area (Å²) in [5.74, 6) is 0.248. The van der Waals surface area contributed by atoms with Gasteiger partial charge in [0, 0.05) is 40.9 Å². The van der Waals surface area contributed by atoms with E-state index < -0.39 is 0 Å². The lowest BCUT2D eigenvalue weighted by Crippen LogP contribution is -2.39. The average Bonchev–Trinajstić information content (AvgIpc) is 3.14. The number of hydrogen-bond acceptors (Lipinski definition) is 4. The molecule has 3 rings (SSSR count). The third-order valence-corrected chi connectivity index (χ3v) is 5.96. The van der Waals surface area contributed by atoms with Crippen LogP contribution in [0.25, 0.3) is 0 Å². The molecule has 0 saturated carbocycles. The lowest BCUT2D eigenvalue weighted by molar-refractivity contribution is -0.124. The summed E-state index contributed by atoms with van der Waals surface area (Å²) in [5, 5.41) is 6.50. The Labute approximate surface area is 168 Å². The van der Waals surface area contributed by atoms with E-state index in [0.717, 1.165) is 30.1 Å². The predicted molar refractivity (Wildman–Crippen MR) is 108 cm³/mol. The van der Waals surface area contributed by atoms with Crippen LogP contribution in [0.4, 0.5) is 0 Å². The van der Waals surface area contributed by atoms with Crippen molar-refractivity contribution in [1.82, 2.24) is 15.2 Å². The van der Waals surface area contributed by atoms with Gasteiger partial charge in [-0.2, -0.15) is 0 Å². The summed E-state index contributed by atoms with van der Waals surface area (Å²) in [6.45, 7) is 5.61. The van der Waals surface area contributed by atoms with Gasteiger partial charge in [0.15, 0.2) is 0 Å². The Morgan fingerprint density at radius 3 is 2.96 bits per heavy atom. The van der Waals surface area contributed by atoms with Gasteiger partial charge in [0.2, 0.25) is 5.91 Å². The molecule has 2 aromatic rings. The van der Waals surface area contributed by atoms with E-state index in [-0.39, 0.29) is 23.7 Å². The lowest BCUT2D eigenvalue weighted by Gasteiger charge is -2.32. The third kappa shape index (κ3) is 5.08. The molecule has 1 fully saturated rings. The van der Waals surface area contributed by atoms with Gasteiger partial charge < -0.3 is 10.2 Å². The van der Waals surface area contributed by atoms with Crippen molar-refractivity contribution in [3.63, 3.8) is 0 Å². The molecule has 7 heteroatoms. The number of halogens is 1. The highest BCUT2D eigenvalue weighted by Crippen LogP contribution is 2.30. The van der Waals surface area contributed by atoms with Crippen LogP contribution in [-0.4, -0.2) is 34.8 Å². The monoisotopic (exact) mass is 405 g/mol. The molecule has 1 atom stereocenters. The number of amides is 2. The van der Waals surface area contributed by atoms with Crippen molar-refractivity contribution in [2.45, 2.75) is 39.2 Å². The van der Waals surface area contributed by atoms with Gasteiger partial charge in [-0.3, -0.25) is 9.59 Å². The maximum absolute atomic E-state index is 12.8. The van der Waals surface area contributed by atoms with E-state index in [0.29, 0.717) is 23.7 Å². The fourth-order valence-electron chi connectivity index (χ4n) is 3.14. The van der Waals surface area contributed by atoms with E-state index in [2.05, 4.69) is 5.32 Å². The summed E-state index contributed by atoms with van der Waals surface area (Å²) < 4.78 is 0. The second kappa shape index (κ2) is 8.85. The molecule has 2 heterocycles. The zero-order valence-corrected chi connectivity index (χ0v) is 17.1. The molecule has 2 amide bonds. The molecular formula is C20H24ClN3O2S. The summed E-state index contributed by atoms with van der Waals surface area (Å²) >= 11 is 7.62. The van der Waals surface area contributed by atoms with E-state index in [1.54, 1.807) is 35.6 Å². The van der Waals surface area contributed by atoms with Crippen molar-refractivity contribution in [3.05, 3.63) is 50.9 Å². The number of nitrogens with zero attached hydrogens (tertiary/aromatic N) is 2. The van der Waals surface area contributed by atoms with Crippen molar-refractivity contribution in [2.24, 2.45) is 5.92 Å². The minimum absolute atomic E-state index is 0.0168. The Balaban J connectivity index is 1.63. The van der Waals surface area contributed by atoms with Crippen molar-refractivity contribution in [1.29, 1.82) is 0 Å². The van der Waals surface area contributed by atoms with Crippen LogP contribution in [-0.2, 0) is 11.3 Å². The smallest absolute Gasteiger partial charge is 0.253 e. The van der Waals surface area contributed by atoms with Gasteiger partial charge in [-0.25, -0.2) is 4.98 Å². The van der Waals surface area contributed by atoms with Crippen LogP contribution in [0.3, 0.4) is 0 Å². The minimum atomic E-state index is -0.0347. The van der Waals surface area contributed by atoms with Crippen LogP contribution in [0.1, 0.15) is 53.7 Å². The summed E-state index contributed by atoms with van der Waals surface area (Å²) in [5.41, 5.74) is 1.50. The lowest BCUT2D eigenvalue weighted by atomic mass is 9.98. The summed E-state index contributed by atoms with van der Waals surface area (Å²) in [7, 11) is 0. The van der Waals surface area contributed by atoms with Gasteiger partial charge in [-0.1, -0.05) is 31.5 Å². The first-order valence-corrected chi connectivity index (χ1v) is 10.5. The van der Waals surface area contributed by atoms with Crippen LogP contribution in [0, 0.1) is 5.92 Å². The number of likely N-dealkylation sites (tertiary alicyclic amines) is 1. The highest BCUT2D eigenvalue weighted by Gasteiger charge is 2.27. The average molecular weight is 406 g/mol. The van der Waals surface area contributed by atoms with E-state index in [4.69, 9.17) is 16.6 Å². The molecule has 0 aliphatic carbocycles. The number of carbonyl (C=O) groups is 2. The minimum Gasteiger partial charge on any atom is -0.350 e. The van der Waals surface area contributed by atoms with E-state index in [1.807, 2.05) is 24.1 Å². The molecular weight excluding hydrogens is 382 g/mol. The molecule has 0 bridgehead atoms. The van der Waals surface area contributed by atoms with Gasteiger partial charge in [0.1, 0.15) is 0 Å². The van der Waals surface area contributed by atoms with Gasteiger partial charge >= 0.3 is 0 Å². The molecule has 1 aromatic heterocycles. The van der Waals surface area contributed by atoms with Crippen LogP contribution in [0.5, 0.6) is 0 Å². The largest absolute Gasteiger partial charge is 0.350 e. The number of benzene rings is 1. The zero-order valence-electron chi connectivity index (χ0n) is 15.6. The van der Waals surface area contributed by atoms with Gasteiger partial charge in [-0.05, 0) is 31.0 Å². The standard InChI is InChI=1S/C20H24ClN3O2S/c1-13(2)18(25)22-10-17-12-27-19(23-17)15-6-4-8-24(11-15)20(26)14-5-3-7-16(21)9-14/h3,5,7,9,12-13,15H,4,6,8,10-11H2,1-2H3,(H,22,25)/t15-/m0/s1. The molecule has 1 aliphatic rings. The van der Waals surface area contributed by atoms with Crippen LogP contribution in [0.15, 0.2) is 29.6 Å². The number of thiazole rings is 1. The number of rotatable bonds is 5. The highest BCUT2D eigenvalue weighted by molar-refractivity contribution is 7.09. The number of hydrogen-bond donors (Lipinski definition) is 1. The van der Waals surface area contributed by atoms with Crippen LogP contribution >= 0.6 is 22.9 Å². The Bertz CT molecular complexity index is 821. The molecule has 1 N–H and O–H groups in total. The maximum atomic E-state index is 12.8. The summed E-state index contributed by atoms with van der Waals surface area (Å²) in [6, 6.07) is 7.09. The van der Waals surface area contributed by atoms with Crippen molar-refractivity contribution in [3.8, 4) is 0 Å². The molecule has 0 spiro atoms. The van der Waals surface area contributed by atoms with E-state index >= 15 is 0 Å². The first-order chi connectivity index (χ1) is 12.9. The van der Waals surface area contributed by atoms with Gasteiger partial charge in [0.25, 0.3) is 5.91 Å². The third-order valence-electron chi connectivity index (χ3n) is 4.67. The Kier molecular flexibility index (Phi) is 6.50. The second-order valence-electron chi connectivity index (χ2n) is 7.15. The molecule has 27 heavy (non-hydrogen) atoms. The molecule has 5 nitrogen and oxygen atoms in total. The SMILES string of the molecule is CC(C)C(=O)NCc1csc([C@H]2CCCN(C(=O)c3cccc(Cl)c3)C2)n1. The van der Waals surface area contributed by atoms with Gasteiger partial charge in [-0.15, -0.1) is 11.3 Å². The maximum Gasteiger partial charge on any atom is 0.253 e. The second-order valence-corrected chi connectivity index (χ2v) is 8.48. The predicted octanol–water partition coefficient (Wildman–Crippen LogP) is 4.09. The van der Waals surface area contributed by atoms with Crippen LogP contribution < -0.4 is 5.32 Å². The van der Waals surface area contributed by atoms with Crippen molar-refractivity contribution < 1.29 is 9.59 Å². The van der Waals surface area contributed by atoms with Crippen molar-refractivity contribution >= 4 is 34.8 Å². The normalized spacial score (nSPS) is 17.2. The molecule has 144 valence electrons. The topological polar surface area (TPSA) is 62.3 Å². The summed E-state index contributed by atoms with van der Waals surface area (Å²) in [6.07, 6.45) is 1.97. The molecule has 0 unspecified atom stereocenters. The number of piperidine rings is 1. The van der Waals surface area contributed by atoms with Crippen molar-refractivity contribution in [2.75, 3.05) is 13.1 Å². The fourth-order valence-corrected chi connectivity index (χ4v) is 4.28. The first kappa shape index (κ1) is 19.8. The number of aromatic nitrogens is 1. The Morgan fingerprint density at radius 2 is 2.22 bits per heavy atom. The summed E-state index contributed by atoms with van der Waals surface area (Å²) in [4.78, 5) is 31.1. The first-order valence-electron chi connectivity index (χ1n) is 9.21. The van der Waals surface area contributed by atoms with Gasteiger partial charge in [0.05, 0.1) is 17.2 Å². The molecule has 0 radical (unpaired) electrons.